The normalized spacial score (nSPS) is 46.2. The number of nitrogens with one attached hydrogen (secondary N) is 1. The summed E-state index contributed by atoms with van der Waals surface area (Å²) in [7, 11) is 0. The Kier molecular flexibility index (Phi) is 6.17. The Hall–Kier alpha value is -1.88. The number of rotatable bonds is 5. The van der Waals surface area contributed by atoms with Crippen molar-refractivity contribution in [2.45, 2.75) is 99.3 Å². The predicted octanol–water partition coefficient (Wildman–Crippen LogP) is 7.59. The van der Waals surface area contributed by atoms with Gasteiger partial charge in [0.15, 0.2) is 0 Å². The number of aromatic amines is 1. The lowest BCUT2D eigenvalue weighted by Gasteiger charge is -2.72. The molecule has 0 radical (unpaired) electrons. The van der Waals surface area contributed by atoms with Crippen LogP contribution in [0.4, 0.5) is 0 Å². The lowest BCUT2D eigenvalue weighted by Crippen LogP contribution is -2.65. The number of carbonyl (C=O) groups excluding carboxylic acids is 1. The first kappa shape index (κ1) is 27.3. The molecular formula is C34H50N2O3. The summed E-state index contributed by atoms with van der Waals surface area (Å²) in [4.78, 5) is 10.8. The molecule has 39 heavy (non-hydrogen) atoms. The molecule has 9 atom stereocenters. The first-order chi connectivity index (χ1) is 18.4. The second-order valence-corrected chi connectivity index (χ2v) is 15.6. The van der Waals surface area contributed by atoms with E-state index in [2.05, 4.69) is 64.4 Å². The van der Waals surface area contributed by atoms with Crippen LogP contribution in [0.5, 0.6) is 5.88 Å². The molecule has 4 saturated carbocycles. The van der Waals surface area contributed by atoms with Gasteiger partial charge >= 0.3 is 0 Å². The highest BCUT2D eigenvalue weighted by Gasteiger charge is 2.70. The molecule has 0 aliphatic heterocycles. The molecule has 0 unspecified atom stereocenters. The van der Waals surface area contributed by atoms with E-state index in [1.807, 2.05) is 6.07 Å². The third-order valence-electron chi connectivity index (χ3n) is 14.1. The molecule has 5 nitrogen and oxygen atoms in total. The van der Waals surface area contributed by atoms with Gasteiger partial charge in [-0.3, -0.25) is 9.89 Å². The van der Waals surface area contributed by atoms with Crippen molar-refractivity contribution in [2.24, 2.45) is 56.7 Å². The van der Waals surface area contributed by atoms with Crippen LogP contribution < -0.4 is 4.74 Å². The van der Waals surface area contributed by atoms with Crippen molar-refractivity contribution in [3.63, 3.8) is 0 Å². The van der Waals surface area contributed by atoms with Crippen molar-refractivity contribution in [3.8, 4) is 5.88 Å². The highest BCUT2D eigenvalue weighted by molar-refractivity contribution is 5.70. The number of aromatic nitrogens is 2. The van der Waals surface area contributed by atoms with Crippen LogP contribution >= 0.6 is 0 Å². The van der Waals surface area contributed by atoms with E-state index in [4.69, 9.17) is 4.74 Å². The first-order valence-electron chi connectivity index (χ1n) is 15.5. The summed E-state index contributed by atoms with van der Waals surface area (Å²) in [6.45, 7) is 20.3. The van der Waals surface area contributed by atoms with Crippen LogP contribution in [0.15, 0.2) is 24.3 Å². The van der Waals surface area contributed by atoms with Crippen LogP contribution in [0.1, 0.15) is 105 Å². The van der Waals surface area contributed by atoms with Gasteiger partial charge in [0.1, 0.15) is 0 Å². The molecule has 1 heterocycles. The van der Waals surface area contributed by atoms with Gasteiger partial charge in [-0.15, -0.1) is 5.10 Å². The number of carbonyl (C=O) groups is 1. The summed E-state index contributed by atoms with van der Waals surface area (Å²) in [5.74, 6) is 3.42. The van der Waals surface area contributed by atoms with E-state index in [0.29, 0.717) is 59.4 Å². The van der Waals surface area contributed by atoms with Crippen molar-refractivity contribution in [2.75, 3.05) is 6.61 Å². The zero-order chi connectivity index (χ0) is 28.0. The van der Waals surface area contributed by atoms with E-state index in [-0.39, 0.29) is 16.2 Å². The van der Waals surface area contributed by atoms with Gasteiger partial charge in [0.2, 0.25) is 5.88 Å². The van der Waals surface area contributed by atoms with Crippen molar-refractivity contribution in [1.29, 1.82) is 0 Å². The minimum absolute atomic E-state index is 0.00777. The molecule has 6 rings (SSSR count). The maximum atomic E-state index is 10.8. The number of ether oxygens (including phenoxy) is 1. The Labute approximate surface area is 235 Å². The van der Waals surface area contributed by atoms with Gasteiger partial charge in [0, 0.05) is 12.7 Å². The van der Waals surface area contributed by atoms with E-state index < -0.39 is 0 Å². The van der Waals surface area contributed by atoms with Crippen LogP contribution in [-0.2, 0) is 4.79 Å². The Morgan fingerprint density at radius 3 is 2.54 bits per heavy atom. The van der Waals surface area contributed by atoms with E-state index in [1.165, 1.54) is 62.5 Å². The Balaban J connectivity index is 1.36. The van der Waals surface area contributed by atoms with Crippen LogP contribution in [0.25, 0.3) is 5.57 Å². The minimum Gasteiger partial charge on any atom is -0.408 e. The molecule has 5 heteroatoms. The van der Waals surface area contributed by atoms with Crippen LogP contribution in [-0.4, -0.2) is 28.4 Å². The molecule has 0 saturated heterocycles. The van der Waals surface area contributed by atoms with Gasteiger partial charge in [-0.2, -0.15) is 0 Å². The average Bonchev–Trinajstić information content (AvgIpc) is 3.49. The molecule has 5 aliphatic rings. The number of H-pyrrole nitrogens is 1. The third-order valence-corrected chi connectivity index (χ3v) is 14.1. The summed E-state index contributed by atoms with van der Waals surface area (Å²) in [5.41, 5.74) is 4.56. The number of aliphatic hydroxyl groups is 1. The SMILES string of the molecule is C=C(C)[C@@H]1CC[C@]2(CO)CC[C@]3(C)[C@H](CC[C@@H]4[C@@]5(C)CC=C(c6cc(OC=O)n[nH]6)C(C)(C)[C@@H]5CC[C@]43C)[C@@H]12. The monoisotopic (exact) mass is 534 g/mol. The summed E-state index contributed by atoms with van der Waals surface area (Å²) < 4.78 is 5.01. The predicted molar refractivity (Wildman–Crippen MR) is 155 cm³/mol. The quantitative estimate of drug-likeness (QED) is 0.301. The molecule has 0 bridgehead atoms. The molecule has 1 aromatic rings. The van der Waals surface area contributed by atoms with Crippen LogP contribution in [0.3, 0.4) is 0 Å². The minimum atomic E-state index is -0.00777. The Morgan fingerprint density at radius 1 is 1.08 bits per heavy atom. The molecule has 4 fully saturated rings. The third kappa shape index (κ3) is 3.47. The number of fused-ring (bicyclic) bond motifs is 7. The second kappa shape index (κ2) is 8.81. The summed E-state index contributed by atoms with van der Waals surface area (Å²) in [5, 5.41) is 18.1. The number of hydrogen-bond acceptors (Lipinski definition) is 4. The van der Waals surface area contributed by atoms with Gasteiger partial charge in [0.25, 0.3) is 6.47 Å². The van der Waals surface area contributed by atoms with Crippen molar-refractivity contribution in [1.82, 2.24) is 10.2 Å². The van der Waals surface area contributed by atoms with Gasteiger partial charge in [-0.25, -0.2) is 0 Å². The van der Waals surface area contributed by atoms with Crippen LogP contribution in [0, 0.1) is 56.7 Å². The van der Waals surface area contributed by atoms with Gasteiger partial charge < -0.3 is 9.84 Å². The lowest BCUT2D eigenvalue weighted by atomic mass is 9.32. The van der Waals surface area contributed by atoms with Gasteiger partial charge in [-0.05, 0) is 127 Å². The zero-order valence-corrected chi connectivity index (χ0v) is 25.1. The van der Waals surface area contributed by atoms with Crippen LogP contribution in [0.2, 0.25) is 0 Å². The number of allylic oxidation sites excluding steroid dienone is 3. The molecule has 2 N–H and O–H groups in total. The fourth-order valence-corrected chi connectivity index (χ4v) is 12.2. The van der Waals surface area contributed by atoms with E-state index >= 15 is 0 Å². The summed E-state index contributed by atoms with van der Waals surface area (Å²) in [6.07, 6.45) is 13.5. The van der Waals surface area contributed by atoms with Gasteiger partial charge in [-0.1, -0.05) is 52.8 Å². The fourth-order valence-electron chi connectivity index (χ4n) is 12.2. The van der Waals surface area contributed by atoms with E-state index in [1.54, 1.807) is 0 Å². The number of hydrogen-bond donors (Lipinski definition) is 2. The fraction of sp³-hybridized carbons (Fsp3) is 0.765. The molecule has 5 aliphatic carbocycles. The Bertz CT molecular complexity index is 1200. The summed E-state index contributed by atoms with van der Waals surface area (Å²) >= 11 is 0. The maximum absolute atomic E-state index is 10.8. The molecule has 0 aromatic carbocycles. The van der Waals surface area contributed by atoms with Crippen molar-refractivity contribution < 1.29 is 14.6 Å². The molecule has 0 amide bonds. The smallest absolute Gasteiger partial charge is 0.299 e. The van der Waals surface area contributed by atoms with Crippen molar-refractivity contribution >= 4 is 12.0 Å². The number of aliphatic hydroxyl groups excluding tert-OH is 1. The first-order valence-corrected chi connectivity index (χ1v) is 15.5. The molecule has 214 valence electrons. The highest BCUT2D eigenvalue weighted by atomic mass is 16.5. The second-order valence-electron chi connectivity index (χ2n) is 15.6. The molecule has 1 aromatic heterocycles. The molecular weight excluding hydrogens is 484 g/mol. The largest absolute Gasteiger partial charge is 0.408 e. The average molecular weight is 535 g/mol. The highest BCUT2D eigenvalue weighted by Crippen LogP contribution is 2.77. The van der Waals surface area contributed by atoms with E-state index in [9.17, 15) is 9.90 Å². The number of nitrogens with zero attached hydrogens (tertiary/aromatic N) is 1. The maximum Gasteiger partial charge on any atom is 0.299 e. The topological polar surface area (TPSA) is 75.2 Å². The zero-order valence-electron chi connectivity index (χ0n) is 25.1. The summed E-state index contributed by atoms with van der Waals surface area (Å²) in [6, 6.07) is 1.87. The molecule has 0 spiro atoms. The lowest BCUT2D eigenvalue weighted by molar-refractivity contribution is -0.228. The Morgan fingerprint density at radius 2 is 1.85 bits per heavy atom. The van der Waals surface area contributed by atoms with Crippen molar-refractivity contribution in [3.05, 3.63) is 30.0 Å². The van der Waals surface area contributed by atoms with E-state index in [0.717, 1.165) is 12.1 Å². The van der Waals surface area contributed by atoms with Gasteiger partial charge in [0.05, 0.1) is 5.69 Å². The standard InChI is InChI=1S/C34H50N2O3/c1-21(2)22-10-15-34(19-37)17-16-32(6)24(29(22)34)8-9-27-31(5)13-11-23(25-18-28(36-35-25)39-20-38)30(3,4)26(31)12-14-33(27,32)7/h11,18,20,22,24,26-27,29,37H,1,8-10,12-17,19H2,2-7H3,(H,35,36)/t22-,24+,26-,27+,29+,31-,32+,33+,34+/m0/s1.